The van der Waals surface area contributed by atoms with Crippen molar-refractivity contribution >= 4 is 28.3 Å². The second-order valence-corrected chi connectivity index (χ2v) is 5.30. The van der Waals surface area contributed by atoms with Gasteiger partial charge in [0.15, 0.2) is 0 Å². The molecule has 2 aromatic carbocycles. The molecular formula is C16H14N2O2. The summed E-state index contributed by atoms with van der Waals surface area (Å²) < 4.78 is 0. The van der Waals surface area contributed by atoms with Crippen LogP contribution < -0.4 is 4.90 Å². The standard InChI is InChI=1S/C16H14N2O2/c19-15-9-8-14-17(15)10-16(20)18(14)13-7-3-5-11-4-1-2-6-12(11)13/h1-7,14H,8-10H2. The van der Waals surface area contributed by atoms with Gasteiger partial charge in [-0.1, -0.05) is 36.4 Å². The minimum Gasteiger partial charge on any atom is -0.312 e. The van der Waals surface area contributed by atoms with Crippen molar-refractivity contribution in [1.82, 2.24) is 4.90 Å². The van der Waals surface area contributed by atoms with E-state index in [4.69, 9.17) is 0 Å². The summed E-state index contributed by atoms with van der Waals surface area (Å²) in [4.78, 5) is 27.6. The van der Waals surface area contributed by atoms with Gasteiger partial charge < -0.3 is 4.90 Å². The highest BCUT2D eigenvalue weighted by molar-refractivity contribution is 6.08. The second-order valence-electron chi connectivity index (χ2n) is 5.30. The summed E-state index contributed by atoms with van der Waals surface area (Å²) in [6, 6.07) is 14.0. The highest BCUT2D eigenvalue weighted by Gasteiger charge is 2.45. The highest BCUT2D eigenvalue weighted by atomic mass is 16.2. The monoisotopic (exact) mass is 266 g/mol. The molecule has 4 rings (SSSR count). The Morgan fingerprint density at radius 1 is 0.950 bits per heavy atom. The molecule has 20 heavy (non-hydrogen) atoms. The maximum Gasteiger partial charge on any atom is 0.248 e. The van der Waals surface area contributed by atoms with E-state index in [0.717, 1.165) is 22.9 Å². The number of amides is 2. The molecule has 0 aromatic heterocycles. The van der Waals surface area contributed by atoms with Gasteiger partial charge in [0.2, 0.25) is 11.8 Å². The van der Waals surface area contributed by atoms with Crippen LogP contribution in [0.1, 0.15) is 12.8 Å². The van der Waals surface area contributed by atoms with Crippen LogP contribution in [-0.4, -0.2) is 29.4 Å². The van der Waals surface area contributed by atoms with Gasteiger partial charge in [0.05, 0.1) is 5.69 Å². The smallest absolute Gasteiger partial charge is 0.248 e. The van der Waals surface area contributed by atoms with Crippen molar-refractivity contribution in [3.8, 4) is 0 Å². The summed E-state index contributed by atoms with van der Waals surface area (Å²) in [7, 11) is 0. The normalized spacial score (nSPS) is 21.9. The van der Waals surface area contributed by atoms with Crippen LogP contribution in [0.25, 0.3) is 10.8 Å². The van der Waals surface area contributed by atoms with Crippen molar-refractivity contribution < 1.29 is 9.59 Å². The van der Waals surface area contributed by atoms with Gasteiger partial charge in [-0.25, -0.2) is 0 Å². The van der Waals surface area contributed by atoms with Crippen molar-refractivity contribution in [2.45, 2.75) is 19.0 Å². The summed E-state index contributed by atoms with van der Waals surface area (Å²) in [6.45, 7) is 0.215. The number of rotatable bonds is 1. The molecule has 4 heteroatoms. The van der Waals surface area contributed by atoms with Gasteiger partial charge in [-0.05, 0) is 17.9 Å². The van der Waals surface area contributed by atoms with Crippen LogP contribution in [0.15, 0.2) is 42.5 Å². The van der Waals surface area contributed by atoms with Gasteiger partial charge in [-0.15, -0.1) is 0 Å². The lowest BCUT2D eigenvalue weighted by molar-refractivity contribution is -0.129. The number of hydrogen-bond donors (Lipinski definition) is 0. The van der Waals surface area contributed by atoms with E-state index in [0.29, 0.717) is 6.42 Å². The average Bonchev–Trinajstić information content (AvgIpc) is 2.98. The molecule has 4 nitrogen and oxygen atoms in total. The van der Waals surface area contributed by atoms with Crippen LogP contribution in [0.2, 0.25) is 0 Å². The van der Waals surface area contributed by atoms with Crippen molar-refractivity contribution in [2.24, 2.45) is 0 Å². The summed E-state index contributed by atoms with van der Waals surface area (Å²) in [5.74, 6) is 0.102. The Morgan fingerprint density at radius 3 is 2.65 bits per heavy atom. The molecule has 1 unspecified atom stereocenters. The topological polar surface area (TPSA) is 40.6 Å². The van der Waals surface area contributed by atoms with Gasteiger partial charge in [-0.2, -0.15) is 0 Å². The first-order chi connectivity index (χ1) is 9.75. The Hall–Kier alpha value is -2.36. The molecule has 2 heterocycles. The van der Waals surface area contributed by atoms with E-state index in [9.17, 15) is 9.59 Å². The Balaban J connectivity index is 1.87. The molecule has 0 spiro atoms. The summed E-state index contributed by atoms with van der Waals surface area (Å²) in [5.41, 5.74) is 0.912. The SMILES string of the molecule is O=C1CCC2N1CC(=O)N2c1cccc2ccccc12. The Labute approximate surface area is 116 Å². The van der Waals surface area contributed by atoms with E-state index < -0.39 is 0 Å². The molecule has 2 saturated heterocycles. The number of benzene rings is 2. The molecule has 2 amide bonds. The van der Waals surface area contributed by atoms with Crippen LogP contribution in [0.4, 0.5) is 5.69 Å². The lowest BCUT2D eigenvalue weighted by atomic mass is 10.1. The second kappa shape index (κ2) is 4.07. The third-order valence-corrected chi connectivity index (χ3v) is 4.20. The minimum absolute atomic E-state index is 0.0133. The van der Waals surface area contributed by atoms with E-state index in [1.54, 1.807) is 9.80 Å². The number of hydrogen-bond acceptors (Lipinski definition) is 2. The largest absolute Gasteiger partial charge is 0.312 e. The number of anilines is 1. The van der Waals surface area contributed by atoms with Crippen LogP contribution >= 0.6 is 0 Å². The number of nitrogens with zero attached hydrogens (tertiary/aromatic N) is 2. The Morgan fingerprint density at radius 2 is 1.75 bits per heavy atom. The molecule has 0 radical (unpaired) electrons. The fourth-order valence-electron chi connectivity index (χ4n) is 3.28. The fraction of sp³-hybridized carbons (Fsp3) is 0.250. The molecule has 100 valence electrons. The Bertz CT molecular complexity index is 720. The van der Waals surface area contributed by atoms with E-state index in [-0.39, 0.29) is 24.5 Å². The molecule has 2 fully saturated rings. The lowest BCUT2D eigenvalue weighted by Gasteiger charge is -2.25. The lowest BCUT2D eigenvalue weighted by Crippen LogP contribution is -2.36. The van der Waals surface area contributed by atoms with Gasteiger partial charge in [0.25, 0.3) is 0 Å². The molecule has 2 aliphatic rings. The number of carbonyl (C=O) groups is 2. The quantitative estimate of drug-likeness (QED) is 0.793. The Kier molecular flexibility index (Phi) is 2.33. The first-order valence-electron chi connectivity index (χ1n) is 6.85. The third-order valence-electron chi connectivity index (χ3n) is 4.20. The summed E-state index contributed by atoms with van der Waals surface area (Å²) >= 11 is 0. The summed E-state index contributed by atoms with van der Waals surface area (Å²) in [6.07, 6.45) is 1.17. The number of carbonyl (C=O) groups excluding carboxylic acids is 2. The van der Waals surface area contributed by atoms with Crippen molar-refractivity contribution in [2.75, 3.05) is 11.4 Å². The predicted octanol–water partition coefficient (Wildman–Crippen LogP) is 2.13. The predicted molar refractivity (Wildman–Crippen MR) is 76.2 cm³/mol. The molecule has 2 aliphatic heterocycles. The molecule has 0 bridgehead atoms. The highest BCUT2D eigenvalue weighted by Crippen LogP contribution is 2.35. The van der Waals surface area contributed by atoms with E-state index >= 15 is 0 Å². The van der Waals surface area contributed by atoms with E-state index in [1.165, 1.54) is 0 Å². The zero-order valence-corrected chi connectivity index (χ0v) is 11.0. The van der Waals surface area contributed by atoms with Crippen LogP contribution in [0.5, 0.6) is 0 Å². The molecule has 1 atom stereocenters. The average molecular weight is 266 g/mol. The molecule has 0 saturated carbocycles. The van der Waals surface area contributed by atoms with Crippen molar-refractivity contribution in [1.29, 1.82) is 0 Å². The van der Waals surface area contributed by atoms with Gasteiger partial charge in [0.1, 0.15) is 12.7 Å². The van der Waals surface area contributed by atoms with Crippen LogP contribution in [-0.2, 0) is 9.59 Å². The van der Waals surface area contributed by atoms with E-state index in [1.807, 2.05) is 42.5 Å². The van der Waals surface area contributed by atoms with Crippen LogP contribution in [0, 0.1) is 0 Å². The van der Waals surface area contributed by atoms with Gasteiger partial charge in [-0.3, -0.25) is 14.5 Å². The van der Waals surface area contributed by atoms with E-state index in [2.05, 4.69) is 0 Å². The number of fused-ring (bicyclic) bond motifs is 2. The first-order valence-corrected chi connectivity index (χ1v) is 6.85. The first kappa shape index (κ1) is 11.5. The minimum atomic E-state index is -0.0965. The molecular weight excluding hydrogens is 252 g/mol. The molecule has 0 N–H and O–H groups in total. The zero-order chi connectivity index (χ0) is 13.7. The maximum atomic E-state index is 12.3. The molecule has 0 aliphatic carbocycles. The maximum absolute atomic E-state index is 12.3. The van der Waals surface area contributed by atoms with Crippen molar-refractivity contribution in [3.05, 3.63) is 42.5 Å². The zero-order valence-electron chi connectivity index (χ0n) is 11.0. The van der Waals surface area contributed by atoms with Crippen molar-refractivity contribution in [3.63, 3.8) is 0 Å². The molecule has 2 aromatic rings. The van der Waals surface area contributed by atoms with Gasteiger partial charge >= 0.3 is 0 Å². The third kappa shape index (κ3) is 1.48. The van der Waals surface area contributed by atoms with Gasteiger partial charge in [0, 0.05) is 11.8 Å². The van der Waals surface area contributed by atoms with Crippen LogP contribution in [0.3, 0.4) is 0 Å². The fourth-order valence-corrected chi connectivity index (χ4v) is 3.28. The summed E-state index contributed by atoms with van der Waals surface area (Å²) in [5, 5.41) is 2.17.